The Bertz CT molecular complexity index is 425. The van der Waals surface area contributed by atoms with Gasteiger partial charge in [-0.2, -0.15) is 0 Å². The van der Waals surface area contributed by atoms with Gasteiger partial charge in [-0.15, -0.1) is 0 Å². The van der Waals surface area contributed by atoms with E-state index >= 15 is 0 Å². The van der Waals surface area contributed by atoms with E-state index in [0.29, 0.717) is 26.2 Å². The van der Waals surface area contributed by atoms with Crippen LogP contribution in [0.4, 0.5) is 0 Å². The minimum Gasteiger partial charge on any atom is -0.370 e. The number of benzene rings is 1. The number of halogens is 1. The van der Waals surface area contributed by atoms with E-state index in [1.54, 1.807) is 7.05 Å². The molecule has 4 nitrogen and oxygen atoms in total. The molecule has 0 spiro atoms. The van der Waals surface area contributed by atoms with E-state index in [2.05, 4.69) is 21.2 Å². The predicted octanol–water partition coefficient (Wildman–Crippen LogP) is 1.57. The summed E-state index contributed by atoms with van der Waals surface area (Å²) in [6, 6.07) is 7.98. The summed E-state index contributed by atoms with van der Waals surface area (Å²) < 4.78 is 6.78. The molecule has 1 amide bonds. The van der Waals surface area contributed by atoms with Crippen molar-refractivity contribution >= 4 is 21.8 Å². The van der Waals surface area contributed by atoms with E-state index in [-0.39, 0.29) is 12.0 Å². The minimum absolute atomic E-state index is 0.0462. The van der Waals surface area contributed by atoms with Crippen LogP contribution in [0.25, 0.3) is 0 Å². The Kier molecular flexibility index (Phi) is 4.74. The molecule has 18 heavy (non-hydrogen) atoms. The van der Waals surface area contributed by atoms with Crippen molar-refractivity contribution in [2.45, 2.75) is 6.10 Å². The predicted molar refractivity (Wildman–Crippen MR) is 73.3 cm³/mol. The molecule has 5 heteroatoms. The summed E-state index contributed by atoms with van der Waals surface area (Å²) >= 11 is 3.52. The summed E-state index contributed by atoms with van der Waals surface area (Å²) in [5, 5.41) is 2.89. The lowest BCUT2D eigenvalue weighted by Gasteiger charge is -2.33. The van der Waals surface area contributed by atoms with Gasteiger partial charge in [0.25, 0.3) is 0 Å². The van der Waals surface area contributed by atoms with E-state index in [9.17, 15) is 4.79 Å². The van der Waals surface area contributed by atoms with Crippen molar-refractivity contribution in [1.29, 1.82) is 0 Å². The molecule has 0 saturated carbocycles. The van der Waals surface area contributed by atoms with Gasteiger partial charge in [-0.05, 0) is 18.7 Å². The zero-order chi connectivity index (χ0) is 13.0. The second-order valence-electron chi connectivity index (χ2n) is 4.25. The Morgan fingerprint density at radius 1 is 1.56 bits per heavy atom. The Labute approximate surface area is 115 Å². The molecule has 1 heterocycles. The standard InChI is InChI=1S/C13H17BrN2O2/c1-15-8-13(17)16-6-7-18-12(9-16)10-4-2-3-5-11(10)14/h2-5,12,15H,6-9H2,1H3. The maximum Gasteiger partial charge on any atom is 0.236 e. The number of hydrogen-bond acceptors (Lipinski definition) is 3. The van der Waals surface area contributed by atoms with Gasteiger partial charge in [0.2, 0.25) is 5.91 Å². The fourth-order valence-electron chi connectivity index (χ4n) is 2.06. The molecule has 0 aromatic heterocycles. The Balaban J connectivity index is 2.07. The lowest BCUT2D eigenvalue weighted by atomic mass is 10.1. The van der Waals surface area contributed by atoms with E-state index in [4.69, 9.17) is 4.74 Å². The smallest absolute Gasteiger partial charge is 0.236 e. The first-order valence-corrected chi connectivity index (χ1v) is 6.80. The summed E-state index contributed by atoms with van der Waals surface area (Å²) in [4.78, 5) is 13.7. The molecule has 1 aliphatic rings. The number of morpholine rings is 1. The highest BCUT2D eigenvalue weighted by Gasteiger charge is 2.25. The number of ether oxygens (including phenoxy) is 1. The molecule has 0 radical (unpaired) electrons. The van der Waals surface area contributed by atoms with Crippen molar-refractivity contribution < 1.29 is 9.53 Å². The van der Waals surface area contributed by atoms with Gasteiger partial charge in [0.05, 0.1) is 19.7 Å². The van der Waals surface area contributed by atoms with Crippen molar-refractivity contribution in [2.75, 3.05) is 33.3 Å². The van der Waals surface area contributed by atoms with Crippen LogP contribution in [0.2, 0.25) is 0 Å². The Morgan fingerprint density at radius 2 is 2.33 bits per heavy atom. The zero-order valence-corrected chi connectivity index (χ0v) is 11.9. The van der Waals surface area contributed by atoms with Crippen LogP contribution in [0.3, 0.4) is 0 Å². The van der Waals surface area contributed by atoms with Crippen LogP contribution in [0, 0.1) is 0 Å². The number of carbonyl (C=O) groups excluding carboxylic acids is 1. The number of amides is 1. The van der Waals surface area contributed by atoms with Gasteiger partial charge in [0, 0.05) is 11.0 Å². The maximum atomic E-state index is 11.9. The second-order valence-corrected chi connectivity index (χ2v) is 5.11. The van der Waals surface area contributed by atoms with E-state index < -0.39 is 0 Å². The third kappa shape index (κ3) is 3.10. The molecule has 1 aromatic carbocycles. The van der Waals surface area contributed by atoms with Crippen molar-refractivity contribution in [3.63, 3.8) is 0 Å². The molecule has 1 atom stereocenters. The number of nitrogens with one attached hydrogen (secondary N) is 1. The van der Waals surface area contributed by atoms with Crippen LogP contribution in [-0.2, 0) is 9.53 Å². The SMILES string of the molecule is CNCC(=O)N1CCOC(c2ccccc2Br)C1. The lowest BCUT2D eigenvalue weighted by Crippen LogP contribution is -2.45. The highest BCUT2D eigenvalue weighted by atomic mass is 79.9. The van der Waals surface area contributed by atoms with Gasteiger partial charge < -0.3 is 15.0 Å². The Hall–Kier alpha value is -0.910. The van der Waals surface area contributed by atoms with Crippen LogP contribution in [0.5, 0.6) is 0 Å². The van der Waals surface area contributed by atoms with E-state index in [0.717, 1.165) is 10.0 Å². The number of hydrogen-bond donors (Lipinski definition) is 1. The van der Waals surface area contributed by atoms with Gasteiger partial charge in [-0.3, -0.25) is 4.79 Å². The van der Waals surface area contributed by atoms with Gasteiger partial charge in [0.15, 0.2) is 0 Å². The molecule has 0 aliphatic carbocycles. The second kappa shape index (κ2) is 6.31. The first kappa shape index (κ1) is 13.5. The number of nitrogens with zero attached hydrogens (tertiary/aromatic N) is 1. The van der Waals surface area contributed by atoms with Crippen LogP contribution in [0.1, 0.15) is 11.7 Å². The van der Waals surface area contributed by atoms with Gasteiger partial charge in [0.1, 0.15) is 6.10 Å². The molecule has 1 aliphatic heterocycles. The largest absolute Gasteiger partial charge is 0.370 e. The summed E-state index contributed by atoms with van der Waals surface area (Å²) in [5.74, 6) is 0.123. The summed E-state index contributed by atoms with van der Waals surface area (Å²) in [6.45, 7) is 2.24. The molecular weight excluding hydrogens is 296 g/mol. The molecule has 1 fully saturated rings. The fraction of sp³-hybridized carbons (Fsp3) is 0.462. The fourth-order valence-corrected chi connectivity index (χ4v) is 2.60. The summed E-state index contributed by atoms with van der Waals surface area (Å²) in [7, 11) is 1.78. The average Bonchev–Trinajstić information content (AvgIpc) is 2.40. The average molecular weight is 313 g/mol. The first-order chi connectivity index (χ1) is 8.72. The van der Waals surface area contributed by atoms with Crippen molar-refractivity contribution in [3.8, 4) is 0 Å². The van der Waals surface area contributed by atoms with Crippen LogP contribution in [-0.4, -0.2) is 44.1 Å². The molecule has 1 aromatic rings. The normalized spacial score (nSPS) is 19.9. The number of rotatable bonds is 3. The first-order valence-electron chi connectivity index (χ1n) is 6.00. The van der Waals surface area contributed by atoms with Gasteiger partial charge in [-0.1, -0.05) is 34.1 Å². The quantitative estimate of drug-likeness (QED) is 0.921. The van der Waals surface area contributed by atoms with Gasteiger partial charge in [-0.25, -0.2) is 0 Å². The van der Waals surface area contributed by atoms with Crippen molar-refractivity contribution in [3.05, 3.63) is 34.3 Å². The van der Waals surface area contributed by atoms with Crippen LogP contribution >= 0.6 is 15.9 Å². The molecule has 0 bridgehead atoms. The van der Waals surface area contributed by atoms with Crippen molar-refractivity contribution in [2.24, 2.45) is 0 Å². The maximum absolute atomic E-state index is 11.9. The summed E-state index contributed by atoms with van der Waals surface area (Å²) in [5.41, 5.74) is 1.10. The zero-order valence-electron chi connectivity index (χ0n) is 10.4. The lowest BCUT2D eigenvalue weighted by molar-refractivity contribution is -0.137. The molecule has 1 N–H and O–H groups in total. The molecule has 98 valence electrons. The Morgan fingerprint density at radius 3 is 3.06 bits per heavy atom. The number of likely N-dealkylation sites (N-methyl/N-ethyl adjacent to an activating group) is 1. The third-order valence-electron chi connectivity index (χ3n) is 3.00. The number of carbonyl (C=O) groups is 1. The third-order valence-corrected chi connectivity index (χ3v) is 3.72. The van der Waals surface area contributed by atoms with Crippen molar-refractivity contribution in [1.82, 2.24) is 10.2 Å². The summed E-state index contributed by atoms with van der Waals surface area (Å²) in [6.07, 6.45) is -0.0462. The van der Waals surface area contributed by atoms with Crippen LogP contribution < -0.4 is 5.32 Å². The molecule has 1 unspecified atom stereocenters. The minimum atomic E-state index is -0.0462. The van der Waals surface area contributed by atoms with E-state index in [1.165, 1.54) is 0 Å². The van der Waals surface area contributed by atoms with E-state index in [1.807, 2.05) is 29.2 Å². The topological polar surface area (TPSA) is 41.6 Å². The van der Waals surface area contributed by atoms with Crippen LogP contribution in [0.15, 0.2) is 28.7 Å². The molecule has 1 saturated heterocycles. The van der Waals surface area contributed by atoms with Gasteiger partial charge >= 0.3 is 0 Å². The highest BCUT2D eigenvalue weighted by molar-refractivity contribution is 9.10. The monoisotopic (exact) mass is 312 g/mol. The molecule has 2 rings (SSSR count). The molecular formula is C13H17BrN2O2. The highest BCUT2D eigenvalue weighted by Crippen LogP contribution is 2.28.